The maximum Gasteiger partial charge on any atom is 0.257 e. The summed E-state index contributed by atoms with van der Waals surface area (Å²) in [4.78, 5) is 11.7. The van der Waals surface area contributed by atoms with Gasteiger partial charge in [-0.25, -0.2) is 0 Å². The zero-order valence-corrected chi connectivity index (χ0v) is 8.45. The van der Waals surface area contributed by atoms with E-state index in [1.165, 1.54) is 0 Å². The number of rotatable bonds is 2. The van der Waals surface area contributed by atoms with E-state index in [0.29, 0.717) is 25.6 Å². The Kier molecular flexibility index (Phi) is 2.98. The number of nitrogens with zero attached hydrogens (tertiary/aromatic N) is 1. The van der Waals surface area contributed by atoms with Gasteiger partial charge in [-0.3, -0.25) is 9.89 Å². The molecule has 0 radical (unpaired) electrons. The first-order valence-corrected chi connectivity index (χ1v) is 4.77. The molecule has 1 unspecified atom stereocenters. The molecule has 15 heavy (non-hydrogen) atoms. The van der Waals surface area contributed by atoms with E-state index >= 15 is 0 Å². The van der Waals surface area contributed by atoms with Crippen molar-refractivity contribution in [2.24, 2.45) is 0 Å². The van der Waals surface area contributed by atoms with E-state index in [1.54, 1.807) is 6.20 Å². The van der Waals surface area contributed by atoms with Crippen LogP contribution in [0.15, 0.2) is 6.20 Å². The smallest absolute Gasteiger partial charge is 0.257 e. The largest absolute Gasteiger partial charge is 0.376 e. The summed E-state index contributed by atoms with van der Waals surface area (Å²) in [6, 6.07) is 0. The summed E-state index contributed by atoms with van der Waals surface area (Å²) < 4.78 is 10.4. The first-order chi connectivity index (χ1) is 7.27. The predicted octanol–water partition coefficient (Wildman–Crippen LogP) is 0.0720. The van der Waals surface area contributed by atoms with E-state index in [1.807, 2.05) is 6.92 Å². The normalized spacial score (nSPS) is 21.3. The van der Waals surface area contributed by atoms with Crippen molar-refractivity contribution in [3.63, 3.8) is 0 Å². The van der Waals surface area contributed by atoms with E-state index in [9.17, 15) is 4.79 Å². The van der Waals surface area contributed by atoms with Crippen LogP contribution >= 0.6 is 0 Å². The molecule has 1 saturated heterocycles. The number of H-pyrrole nitrogens is 1. The van der Waals surface area contributed by atoms with Crippen LogP contribution in [0.2, 0.25) is 0 Å². The number of ether oxygens (including phenoxy) is 2. The Balaban J connectivity index is 1.94. The van der Waals surface area contributed by atoms with Gasteiger partial charge in [0, 0.05) is 5.56 Å². The van der Waals surface area contributed by atoms with Gasteiger partial charge in [-0.2, -0.15) is 5.10 Å². The highest BCUT2D eigenvalue weighted by atomic mass is 16.6. The molecule has 2 N–H and O–H groups in total. The molecule has 2 heterocycles. The van der Waals surface area contributed by atoms with Crippen LogP contribution in [0.4, 0.5) is 5.82 Å². The van der Waals surface area contributed by atoms with Crippen molar-refractivity contribution in [2.45, 2.75) is 13.0 Å². The van der Waals surface area contributed by atoms with Gasteiger partial charge in [0.1, 0.15) is 5.82 Å². The minimum atomic E-state index is -0.526. The van der Waals surface area contributed by atoms with Gasteiger partial charge in [0.2, 0.25) is 0 Å². The minimum absolute atomic E-state index is 0.206. The first-order valence-electron chi connectivity index (χ1n) is 4.77. The second kappa shape index (κ2) is 4.41. The van der Waals surface area contributed by atoms with Gasteiger partial charge in [0.25, 0.3) is 5.91 Å². The van der Waals surface area contributed by atoms with Crippen molar-refractivity contribution in [3.8, 4) is 0 Å². The number of nitrogens with one attached hydrogen (secondary N) is 2. The van der Waals surface area contributed by atoms with Gasteiger partial charge in [0.15, 0.2) is 6.10 Å². The van der Waals surface area contributed by atoms with Crippen molar-refractivity contribution < 1.29 is 14.3 Å². The number of carbonyl (C=O) groups is 1. The van der Waals surface area contributed by atoms with E-state index in [-0.39, 0.29) is 5.91 Å². The Morgan fingerprint density at radius 1 is 1.67 bits per heavy atom. The van der Waals surface area contributed by atoms with E-state index < -0.39 is 6.10 Å². The molecule has 1 aliphatic rings. The van der Waals surface area contributed by atoms with Gasteiger partial charge in [-0.15, -0.1) is 0 Å². The number of aromatic nitrogens is 2. The number of amides is 1. The molecule has 1 aliphatic heterocycles. The highest BCUT2D eigenvalue weighted by Crippen LogP contribution is 2.10. The fourth-order valence-corrected chi connectivity index (χ4v) is 1.32. The average Bonchev–Trinajstić information content (AvgIpc) is 2.66. The molecule has 1 fully saturated rings. The van der Waals surface area contributed by atoms with Crippen LogP contribution < -0.4 is 5.32 Å². The molecule has 2 rings (SSSR count). The minimum Gasteiger partial charge on any atom is -0.376 e. The molecule has 6 nitrogen and oxygen atoms in total. The Hall–Kier alpha value is -1.40. The van der Waals surface area contributed by atoms with E-state index in [2.05, 4.69) is 15.5 Å². The lowest BCUT2D eigenvalue weighted by molar-refractivity contribution is -0.142. The Bertz CT molecular complexity index is 344. The monoisotopic (exact) mass is 211 g/mol. The summed E-state index contributed by atoms with van der Waals surface area (Å²) in [6.45, 7) is 3.17. The third kappa shape index (κ3) is 2.34. The highest BCUT2D eigenvalue weighted by Gasteiger charge is 2.23. The number of aryl methyl sites for hydroxylation is 1. The van der Waals surface area contributed by atoms with Crippen LogP contribution in [-0.4, -0.2) is 42.0 Å². The van der Waals surface area contributed by atoms with Crippen LogP contribution in [0.5, 0.6) is 0 Å². The van der Waals surface area contributed by atoms with Crippen molar-refractivity contribution >= 4 is 11.7 Å². The van der Waals surface area contributed by atoms with Crippen LogP contribution in [-0.2, 0) is 14.3 Å². The average molecular weight is 211 g/mol. The molecule has 0 spiro atoms. The second-order valence-corrected chi connectivity index (χ2v) is 3.35. The zero-order chi connectivity index (χ0) is 10.7. The molecule has 0 saturated carbocycles. The summed E-state index contributed by atoms with van der Waals surface area (Å²) in [6.07, 6.45) is 1.12. The molecular weight excluding hydrogens is 198 g/mol. The van der Waals surface area contributed by atoms with Gasteiger partial charge in [-0.1, -0.05) is 0 Å². The topological polar surface area (TPSA) is 76.2 Å². The summed E-state index contributed by atoms with van der Waals surface area (Å²) in [7, 11) is 0. The quantitative estimate of drug-likeness (QED) is 0.726. The van der Waals surface area contributed by atoms with Gasteiger partial charge < -0.3 is 14.8 Å². The fourth-order valence-electron chi connectivity index (χ4n) is 1.32. The molecular formula is C9H13N3O3. The predicted molar refractivity (Wildman–Crippen MR) is 52.5 cm³/mol. The Morgan fingerprint density at radius 2 is 2.53 bits per heavy atom. The van der Waals surface area contributed by atoms with Crippen molar-refractivity contribution in [2.75, 3.05) is 25.1 Å². The molecule has 0 aliphatic carbocycles. The summed E-state index contributed by atoms with van der Waals surface area (Å²) in [5.41, 5.74) is 0.889. The fraction of sp³-hybridized carbons (Fsp3) is 0.556. The third-order valence-corrected chi connectivity index (χ3v) is 2.19. The van der Waals surface area contributed by atoms with E-state index in [4.69, 9.17) is 9.47 Å². The van der Waals surface area contributed by atoms with Crippen molar-refractivity contribution in [1.29, 1.82) is 0 Å². The van der Waals surface area contributed by atoms with Crippen LogP contribution in [0.25, 0.3) is 0 Å². The highest BCUT2D eigenvalue weighted by molar-refractivity contribution is 5.94. The van der Waals surface area contributed by atoms with E-state index in [0.717, 1.165) is 5.56 Å². The molecule has 1 aromatic heterocycles. The number of aromatic amines is 1. The molecule has 0 aromatic carbocycles. The number of anilines is 1. The number of hydrogen-bond donors (Lipinski definition) is 2. The summed E-state index contributed by atoms with van der Waals surface area (Å²) in [5.74, 6) is 0.399. The molecule has 1 amide bonds. The molecule has 82 valence electrons. The third-order valence-electron chi connectivity index (χ3n) is 2.19. The van der Waals surface area contributed by atoms with Gasteiger partial charge in [0.05, 0.1) is 26.0 Å². The van der Waals surface area contributed by atoms with Gasteiger partial charge in [-0.05, 0) is 6.92 Å². The molecule has 1 aromatic rings. The molecule has 0 bridgehead atoms. The Morgan fingerprint density at radius 3 is 3.13 bits per heavy atom. The van der Waals surface area contributed by atoms with Crippen LogP contribution in [0.1, 0.15) is 5.56 Å². The molecule has 1 atom stereocenters. The lowest BCUT2D eigenvalue weighted by atomic mass is 10.3. The van der Waals surface area contributed by atoms with Crippen molar-refractivity contribution in [1.82, 2.24) is 10.2 Å². The van der Waals surface area contributed by atoms with Gasteiger partial charge >= 0.3 is 0 Å². The number of carbonyl (C=O) groups excluding carboxylic acids is 1. The number of hydrogen-bond acceptors (Lipinski definition) is 4. The summed E-state index contributed by atoms with van der Waals surface area (Å²) >= 11 is 0. The maximum atomic E-state index is 11.7. The van der Waals surface area contributed by atoms with Crippen LogP contribution in [0, 0.1) is 6.92 Å². The lowest BCUT2D eigenvalue weighted by Gasteiger charge is -2.21. The lowest BCUT2D eigenvalue weighted by Crippen LogP contribution is -2.39. The zero-order valence-electron chi connectivity index (χ0n) is 8.45. The summed E-state index contributed by atoms with van der Waals surface area (Å²) in [5, 5.41) is 9.20. The maximum absolute atomic E-state index is 11.7. The van der Waals surface area contributed by atoms with Crippen LogP contribution in [0.3, 0.4) is 0 Å². The molecule has 6 heteroatoms. The second-order valence-electron chi connectivity index (χ2n) is 3.35. The van der Waals surface area contributed by atoms with Crippen molar-refractivity contribution in [3.05, 3.63) is 11.8 Å². The Labute approximate surface area is 87.0 Å². The first kappa shape index (κ1) is 10.1. The SMILES string of the molecule is Cc1cn[nH]c1NC(=O)C1COCCO1. The standard InChI is InChI=1S/C9H13N3O3/c1-6-4-10-12-8(6)11-9(13)7-5-14-2-3-15-7/h4,7H,2-3,5H2,1H3,(H2,10,11,12,13).